The minimum Gasteiger partial charge on any atom is -0.309 e. The van der Waals surface area contributed by atoms with E-state index in [1.807, 2.05) is 20.2 Å². The number of hydrogen-bond donors (Lipinski definition) is 0. The molecule has 1 heterocycles. The summed E-state index contributed by atoms with van der Waals surface area (Å²) in [7, 11) is 3.97. The fourth-order valence-corrected chi connectivity index (χ4v) is 3.73. The molecule has 0 unspecified atom stereocenters. The predicted molar refractivity (Wildman–Crippen MR) is 106 cm³/mol. The van der Waals surface area contributed by atoms with Crippen LogP contribution in [0.1, 0.15) is 16.8 Å². The molecule has 0 atom stereocenters. The highest BCUT2D eigenvalue weighted by Crippen LogP contribution is 2.31. The van der Waals surface area contributed by atoms with Gasteiger partial charge in [-0.05, 0) is 63.5 Å². The van der Waals surface area contributed by atoms with Crippen LogP contribution in [-0.2, 0) is 0 Å². The molecule has 0 aliphatic rings. The Balaban J connectivity index is 1.94. The van der Waals surface area contributed by atoms with Crippen LogP contribution in [0.15, 0.2) is 42.5 Å². The Morgan fingerprint density at radius 3 is 2.54 bits per heavy atom. The summed E-state index contributed by atoms with van der Waals surface area (Å²) in [6, 6.07) is 11.6. The molecule has 7 heteroatoms. The number of nitrogens with zero attached hydrogens (tertiary/aromatic N) is 3. The monoisotopic (exact) mass is 391 g/mol. The van der Waals surface area contributed by atoms with E-state index < -0.39 is 0 Å². The number of anilines is 1. The molecule has 26 heavy (non-hydrogen) atoms. The third kappa shape index (κ3) is 4.20. The van der Waals surface area contributed by atoms with Crippen molar-refractivity contribution >= 4 is 44.2 Å². The summed E-state index contributed by atoms with van der Waals surface area (Å²) in [5, 5.41) is 1.08. The number of benzene rings is 2. The lowest BCUT2D eigenvalue weighted by Gasteiger charge is -2.21. The zero-order chi connectivity index (χ0) is 18.7. The Morgan fingerprint density at radius 2 is 1.88 bits per heavy atom. The fraction of sp³-hybridized carbons (Fsp3) is 0.263. The Hall–Kier alpha value is -2.02. The molecule has 0 radical (unpaired) electrons. The first kappa shape index (κ1) is 18.8. The minimum atomic E-state index is -0.378. The molecule has 136 valence electrons. The number of fused-ring (bicyclic) bond motifs is 1. The number of para-hydroxylation sites is 1. The van der Waals surface area contributed by atoms with Crippen molar-refractivity contribution in [2.75, 3.05) is 32.1 Å². The summed E-state index contributed by atoms with van der Waals surface area (Å²) in [6.45, 7) is 1.34. The quantitative estimate of drug-likeness (QED) is 0.611. The molecule has 0 fully saturated rings. The van der Waals surface area contributed by atoms with Crippen LogP contribution in [0.25, 0.3) is 10.2 Å². The van der Waals surface area contributed by atoms with Gasteiger partial charge in [0.15, 0.2) is 5.13 Å². The van der Waals surface area contributed by atoms with E-state index in [1.54, 1.807) is 35.2 Å². The lowest BCUT2D eigenvalue weighted by Crippen LogP contribution is -2.33. The number of aromatic nitrogens is 1. The van der Waals surface area contributed by atoms with Crippen molar-refractivity contribution in [1.82, 2.24) is 9.88 Å². The van der Waals surface area contributed by atoms with E-state index in [4.69, 9.17) is 11.6 Å². The zero-order valence-corrected chi connectivity index (χ0v) is 16.1. The van der Waals surface area contributed by atoms with Gasteiger partial charge < -0.3 is 4.90 Å². The van der Waals surface area contributed by atoms with Gasteiger partial charge in [-0.15, -0.1) is 0 Å². The Bertz CT molecular complexity index is 911. The molecule has 0 spiro atoms. The van der Waals surface area contributed by atoms with Gasteiger partial charge in [0, 0.05) is 17.1 Å². The van der Waals surface area contributed by atoms with Crippen LogP contribution in [0.3, 0.4) is 0 Å². The number of amides is 1. The lowest BCUT2D eigenvalue weighted by atomic mass is 10.2. The number of hydrogen-bond acceptors (Lipinski definition) is 4. The van der Waals surface area contributed by atoms with Crippen LogP contribution in [-0.4, -0.2) is 43.0 Å². The van der Waals surface area contributed by atoms with Gasteiger partial charge in [0.05, 0.1) is 4.70 Å². The van der Waals surface area contributed by atoms with Gasteiger partial charge in [-0.2, -0.15) is 0 Å². The van der Waals surface area contributed by atoms with E-state index in [2.05, 4.69) is 9.88 Å². The van der Waals surface area contributed by atoms with Crippen molar-refractivity contribution in [3.8, 4) is 0 Å². The SMILES string of the molecule is CN(C)CCCN(C(=O)c1ccc(Cl)cc1)c1nc2c(F)cccc2s1. The van der Waals surface area contributed by atoms with Crippen LogP contribution in [0.2, 0.25) is 5.02 Å². The molecule has 3 rings (SSSR count). The number of carbonyl (C=O) groups is 1. The summed E-state index contributed by atoms with van der Waals surface area (Å²) in [4.78, 5) is 21.1. The van der Waals surface area contributed by atoms with E-state index in [1.165, 1.54) is 17.4 Å². The largest absolute Gasteiger partial charge is 0.309 e. The fourth-order valence-electron chi connectivity index (χ4n) is 2.60. The zero-order valence-electron chi connectivity index (χ0n) is 14.6. The summed E-state index contributed by atoms with van der Waals surface area (Å²) in [6.07, 6.45) is 0.782. The van der Waals surface area contributed by atoms with Crippen LogP contribution < -0.4 is 4.90 Å². The standard InChI is InChI=1S/C19H19ClFN3OS/c1-23(2)11-4-12-24(18(25)13-7-9-14(20)10-8-13)19-22-17-15(21)5-3-6-16(17)26-19/h3,5-10H,4,11-12H2,1-2H3. The topological polar surface area (TPSA) is 36.4 Å². The lowest BCUT2D eigenvalue weighted by molar-refractivity contribution is 0.0986. The smallest absolute Gasteiger partial charge is 0.260 e. The van der Waals surface area contributed by atoms with E-state index >= 15 is 0 Å². The average Bonchev–Trinajstić information content (AvgIpc) is 3.04. The molecule has 0 aliphatic heterocycles. The number of halogens is 2. The first-order chi connectivity index (χ1) is 12.5. The van der Waals surface area contributed by atoms with Gasteiger partial charge in [0.2, 0.25) is 0 Å². The second-order valence-corrected chi connectivity index (χ2v) is 7.65. The van der Waals surface area contributed by atoms with E-state index in [-0.39, 0.29) is 11.7 Å². The number of carbonyl (C=O) groups excluding carboxylic acids is 1. The van der Waals surface area contributed by atoms with Gasteiger partial charge in [0.1, 0.15) is 11.3 Å². The maximum absolute atomic E-state index is 14.0. The van der Waals surface area contributed by atoms with Crippen molar-refractivity contribution < 1.29 is 9.18 Å². The normalized spacial score (nSPS) is 11.3. The Labute approximate surface area is 160 Å². The molecule has 0 N–H and O–H groups in total. The summed E-state index contributed by atoms with van der Waals surface area (Å²) in [5.74, 6) is -0.544. The average molecular weight is 392 g/mol. The van der Waals surface area contributed by atoms with Crippen molar-refractivity contribution in [2.24, 2.45) is 0 Å². The van der Waals surface area contributed by atoms with E-state index in [0.29, 0.717) is 27.8 Å². The third-order valence-corrected chi connectivity index (χ3v) is 5.21. The highest BCUT2D eigenvalue weighted by molar-refractivity contribution is 7.22. The Kier molecular flexibility index (Phi) is 5.86. The van der Waals surface area contributed by atoms with Gasteiger partial charge in [-0.25, -0.2) is 9.37 Å². The van der Waals surface area contributed by atoms with Gasteiger partial charge in [-0.1, -0.05) is 29.0 Å². The molecule has 0 saturated carbocycles. The van der Waals surface area contributed by atoms with Gasteiger partial charge in [-0.3, -0.25) is 9.69 Å². The third-order valence-electron chi connectivity index (χ3n) is 3.91. The maximum Gasteiger partial charge on any atom is 0.260 e. The second-order valence-electron chi connectivity index (χ2n) is 6.20. The summed E-state index contributed by atoms with van der Waals surface area (Å²) < 4.78 is 14.7. The van der Waals surface area contributed by atoms with E-state index in [9.17, 15) is 9.18 Å². The van der Waals surface area contributed by atoms with Crippen LogP contribution >= 0.6 is 22.9 Å². The molecule has 0 bridgehead atoms. The highest BCUT2D eigenvalue weighted by Gasteiger charge is 2.22. The molecule has 0 aliphatic carbocycles. The van der Waals surface area contributed by atoms with Crippen molar-refractivity contribution in [2.45, 2.75) is 6.42 Å². The Morgan fingerprint density at radius 1 is 1.15 bits per heavy atom. The van der Waals surface area contributed by atoms with Crippen molar-refractivity contribution in [3.63, 3.8) is 0 Å². The van der Waals surface area contributed by atoms with E-state index in [0.717, 1.165) is 17.7 Å². The number of rotatable bonds is 6. The van der Waals surface area contributed by atoms with Crippen molar-refractivity contribution in [3.05, 3.63) is 58.9 Å². The van der Waals surface area contributed by atoms with Crippen molar-refractivity contribution in [1.29, 1.82) is 0 Å². The van der Waals surface area contributed by atoms with Crippen LogP contribution in [0.5, 0.6) is 0 Å². The molecule has 1 aromatic heterocycles. The molecular weight excluding hydrogens is 373 g/mol. The van der Waals surface area contributed by atoms with Crippen LogP contribution in [0, 0.1) is 5.82 Å². The second kappa shape index (κ2) is 8.12. The first-order valence-corrected chi connectivity index (χ1v) is 9.42. The van der Waals surface area contributed by atoms with Gasteiger partial charge in [0.25, 0.3) is 5.91 Å². The molecule has 1 amide bonds. The molecule has 0 saturated heterocycles. The maximum atomic E-state index is 14.0. The first-order valence-electron chi connectivity index (χ1n) is 8.23. The van der Waals surface area contributed by atoms with Crippen LogP contribution in [0.4, 0.5) is 9.52 Å². The summed E-state index contributed by atoms with van der Waals surface area (Å²) >= 11 is 7.24. The predicted octanol–water partition coefficient (Wildman–Crippen LogP) is 4.69. The molecule has 4 nitrogen and oxygen atoms in total. The molecule has 3 aromatic rings. The minimum absolute atomic E-state index is 0.167. The summed E-state index contributed by atoms with van der Waals surface area (Å²) in [5.41, 5.74) is 0.827. The molecular formula is C19H19ClFN3OS. The number of thiazole rings is 1. The van der Waals surface area contributed by atoms with Gasteiger partial charge >= 0.3 is 0 Å². The molecule has 2 aromatic carbocycles. The highest BCUT2D eigenvalue weighted by atomic mass is 35.5.